The van der Waals surface area contributed by atoms with Crippen molar-refractivity contribution in [3.63, 3.8) is 0 Å². The van der Waals surface area contributed by atoms with Gasteiger partial charge in [0.15, 0.2) is 0 Å². The zero-order valence-corrected chi connectivity index (χ0v) is 28.5. The van der Waals surface area contributed by atoms with Gasteiger partial charge in [-0.2, -0.15) is 0 Å². The summed E-state index contributed by atoms with van der Waals surface area (Å²) in [6.45, 7) is 0. The normalized spacial score (nSPS) is 11.8. The van der Waals surface area contributed by atoms with E-state index in [1.807, 2.05) is 48.5 Å². The monoisotopic (exact) mass is 705 g/mol. The number of hydrogen-bond donors (Lipinski definition) is 0. The molecule has 50 heavy (non-hydrogen) atoms. The van der Waals surface area contributed by atoms with Crippen LogP contribution in [-0.2, 0) is 0 Å². The van der Waals surface area contributed by atoms with Gasteiger partial charge >= 0.3 is 295 Å². The van der Waals surface area contributed by atoms with Crippen molar-refractivity contribution in [2.45, 2.75) is 0 Å². The summed E-state index contributed by atoms with van der Waals surface area (Å²) in [6.07, 6.45) is 0. The van der Waals surface area contributed by atoms with Gasteiger partial charge in [-0.15, -0.1) is 0 Å². The van der Waals surface area contributed by atoms with Crippen molar-refractivity contribution in [3.8, 4) is 33.4 Å². The fourth-order valence-corrected chi connectivity index (χ4v) is 10.6. The molecule has 0 aliphatic rings. The van der Waals surface area contributed by atoms with Crippen LogP contribution in [0.2, 0.25) is 0 Å². The number of hydrogen-bond acceptors (Lipinski definition) is 2. The molecular formula is C46H27NO2Se. The maximum atomic E-state index is 12.4. The van der Waals surface area contributed by atoms with Gasteiger partial charge in [0.2, 0.25) is 0 Å². The summed E-state index contributed by atoms with van der Waals surface area (Å²) in [7, 11) is 0. The van der Waals surface area contributed by atoms with Crippen LogP contribution in [-0.4, -0.2) is 19.4 Å². The van der Waals surface area contributed by atoms with Crippen molar-refractivity contribution in [1.82, 2.24) is 0 Å². The molecule has 0 aliphatic carbocycles. The summed E-state index contributed by atoms with van der Waals surface area (Å²) >= 11 is 0.0606. The van der Waals surface area contributed by atoms with Crippen LogP contribution in [0.25, 0.3) is 95.8 Å². The van der Waals surface area contributed by atoms with E-state index in [0.29, 0.717) is 10.8 Å². The van der Waals surface area contributed by atoms with Crippen LogP contribution >= 0.6 is 0 Å². The average Bonchev–Trinajstić information content (AvgIpc) is 3.54. The molecule has 0 fully saturated rings. The summed E-state index contributed by atoms with van der Waals surface area (Å²) in [5, 5.41) is 23.1. The number of rotatable bonds is 4. The van der Waals surface area contributed by atoms with Crippen LogP contribution < -0.4 is 0 Å². The second-order valence-corrected chi connectivity index (χ2v) is 15.0. The predicted molar refractivity (Wildman–Crippen MR) is 211 cm³/mol. The SMILES string of the molecule is O=[N+]([O-])c1c2ccccc2c(-c2cccc3c2[se]c2ccc(-c4c5ccccc5c(-c5ccccc5)c5ccccc45)cc23)c2ccccc12. The van der Waals surface area contributed by atoms with Gasteiger partial charge in [-0.3, -0.25) is 0 Å². The van der Waals surface area contributed by atoms with E-state index in [0.717, 1.165) is 21.9 Å². The second kappa shape index (κ2) is 11.2. The molecule has 10 rings (SSSR count). The van der Waals surface area contributed by atoms with Gasteiger partial charge in [0, 0.05) is 0 Å². The molecular weight excluding hydrogens is 677 g/mol. The molecule has 1 aromatic heterocycles. The number of nitrogens with zero attached hydrogens (tertiary/aromatic N) is 1. The Morgan fingerprint density at radius 3 is 1.40 bits per heavy atom. The fourth-order valence-electron chi connectivity index (χ4n) is 8.10. The van der Waals surface area contributed by atoms with E-state index in [4.69, 9.17) is 0 Å². The molecule has 0 radical (unpaired) electrons. The maximum absolute atomic E-state index is 12.4. The summed E-state index contributed by atoms with van der Waals surface area (Å²) in [4.78, 5) is 12.2. The van der Waals surface area contributed by atoms with Gasteiger partial charge in [0.05, 0.1) is 0 Å². The van der Waals surface area contributed by atoms with Crippen LogP contribution in [0.3, 0.4) is 0 Å². The van der Waals surface area contributed by atoms with Gasteiger partial charge in [0.25, 0.3) is 0 Å². The molecule has 0 spiro atoms. The molecule has 0 unspecified atom stereocenters. The third-order valence-electron chi connectivity index (χ3n) is 10.1. The topological polar surface area (TPSA) is 43.1 Å². The first-order valence-corrected chi connectivity index (χ1v) is 18.4. The Morgan fingerprint density at radius 1 is 0.400 bits per heavy atom. The second-order valence-electron chi connectivity index (χ2n) is 12.8. The molecule has 0 aliphatic heterocycles. The minimum atomic E-state index is -0.231. The van der Waals surface area contributed by atoms with Crippen molar-refractivity contribution in [2.24, 2.45) is 0 Å². The molecule has 1 heterocycles. The number of nitro benzene ring substituents is 1. The van der Waals surface area contributed by atoms with Crippen LogP contribution in [0, 0.1) is 10.1 Å². The Bertz CT molecular complexity index is 2900. The van der Waals surface area contributed by atoms with E-state index in [-0.39, 0.29) is 25.1 Å². The number of benzene rings is 9. The zero-order valence-electron chi connectivity index (χ0n) is 26.8. The number of non-ortho nitro benzene ring substituents is 1. The van der Waals surface area contributed by atoms with Crippen molar-refractivity contribution in [1.29, 1.82) is 0 Å². The van der Waals surface area contributed by atoms with Crippen LogP contribution in [0.5, 0.6) is 0 Å². The fraction of sp³-hybridized carbons (Fsp3) is 0. The van der Waals surface area contributed by atoms with Crippen LogP contribution in [0.15, 0.2) is 164 Å². The molecule has 4 heteroatoms. The van der Waals surface area contributed by atoms with E-state index in [2.05, 4.69) is 115 Å². The quantitative estimate of drug-likeness (QED) is 0.0792. The minimum absolute atomic E-state index is 0.0606. The third-order valence-corrected chi connectivity index (χ3v) is 12.7. The molecule has 0 saturated carbocycles. The molecule has 0 atom stereocenters. The van der Waals surface area contributed by atoms with E-state index < -0.39 is 0 Å². The number of nitro groups is 1. The first-order valence-electron chi connectivity index (χ1n) is 16.7. The summed E-state index contributed by atoms with van der Waals surface area (Å²) < 4.78 is 2.68. The van der Waals surface area contributed by atoms with Crippen LogP contribution in [0.4, 0.5) is 5.69 Å². The van der Waals surface area contributed by atoms with Gasteiger partial charge in [0.1, 0.15) is 0 Å². The van der Waals surface area contributed by atoms with Gasteiger partial charge in [-0.1, -0.05) is 0 Å². The molecule has 3 nitrogen and oxygen atoms in total. The first-order chi connectivity index (χ1) is 24.7. The Kier molecular flexibility index (Phi) is 6.50. The average molecular weight is 705 g/mol. The molecule has 9 aromatic carbocycles. The van der Waals surface area contributed by atoms with Crippen molar-refractivity contribution < 1.29 is 4.92 Å². The van der Waals surface area contributed by atoms with Crippen molar-refractivity contribution in [3.05, 3.63) is 174 Å². The van der Waals surface area contributed by atoms with Gasteiger partial charge in [-0.05, 0) is 0 Å². The summed E-state index contributed by atoms with van der Waals surface area (Å²) in [5.41, 5.74) is 7.34. The zero-order chi connectivity index (χ0) is 33.3. The molecule has 10 aromatic rings. The standard InChI is InChI=1S/C46H27NO2Se/c48-47(49)45-36-21-10-8-19-34(36)44(35-20-9-11-22-37(35)45)39-24-12-23-38-40-27-29(25-26-41(40)50-46(38)39)43-32-17-6-4-15-30(32)42(28-13-2-1-3-14-28)31-16-5-7-18-33(31)43/h1-27H. The molecule has 0 bridgehead atoms. The van der Waals surface area contributed by atoms with E-state index in [1.165, 1.54) is 63.1 Å². The molecule has 0 saturated heterocycles. The van der Waals surface area contributed by atoms with Gasteiger partial charge in [-0.25, -0.2) is 0 Å². The van der Waals surface area contributed by atoms with Gasteiger partial charge < -0.3 is 0 Å². The first kappa shape index (κ1) is 28.9. The van der Waals surface area contributed by atoms with E-state index in [9.17, 15) is 10.1 Å². The Hall–Kier alpha value is -6.06. The predicted octanol–water partition coefficient (Wildman–Crippen LogP) is 12.6. The molecule has 0 amide bonds. The number of fused-ring (bicyclic) bond motifs is 7. The third kappa shape index (κ3) is 4.23. The molecule has 234 valence electrons. The Balaban J connectivity index is 1.26. The summed E-state index contributed by atoms with van der Waals surface area (Å²) in [6, 6.07) is 57.5. The van der Waals surface area contributed by atoms with E-state index >= 15 is 0 Å². The summed E-state index contributed by atoms with van der Waals surface area (Å²) in [5.74, 6) is 0. The van der Waals surface area contributed by atoms with Crippen molar-refractivity contribution >= 4 is 82.6 Å². The van der Waals surface area contributed by atoms with E-state index in [1.54, 1.807) is 0 Å². The Morgan fingerprint density at radius 2 is 0.860 bits per heavy atom. The molecule has 0 N–H and O–H groups in total. The van der Waals surface area contributed by atoms with Crippen LogP contribution in [0.1, 0.15) is 0 Å². The van der Waals surface area contributed by atoms with Crippen molar-refractivity contribution in [2.75, 3.05) is 0 Å². The Labute approximate surface area is 293 Å².